The second-order valence-corrected chi connectivity index (χ2v) is 4.19. The summed E-state index contributed by atoms with van der Waals surface area (Å²) in [6.07, 6.45) is 2.16. The van der Waals surface area contributed by atoms with Crippen molar-refractivity contribution in [1.29, 1.82) is 0 Å². The van der Waals surface area contributed by atoms with Crippen LogP contribution in [0.25, 0.3) is 0 Å². The molecule has 2 rings (SSSR count). The Balaban J connectivity index is 1.95. The van der Waals surface area contributed by atoms with E-state index in [-0.39, 0.29) is 17.6 Å². The zero-order valence-electron chi connectivity index (χ0n) is 9.03. The van der Waals surface area contributed by atoms with Crippen LogP contribution in [0.2, 0.25) is 0 Å². The van der Waals surface area contributed by atoms with Crippen molar-refractivity contribution in [2.45, 2.75) is 18.9 Å². The van der Waals surface area contributed by atoms with E-state index in [0.717, 1.165) is 6.20 Å². The van der Waals surface area contributed by atoms with Gasteiger partial charge in [-0.15, -0.1) is 0 Å². The topological polar surface area (TPSA) is 115 Å². The molecule has 1 heterocycles. The van der Waals surface area contributed by atoms with Gasteiger partial charge in [0.1, 0.15) is 5.56 Å². The molecule has 92 valence electrons. The molecule has 1 aliphatic rings. The van der Waals surface area contributed by atoms with Gasteiger partial charge in [0.15, 0.2) is 0 Å². The number of aliphatic hydroxyl groups excluding tert-OH is 1. The van der Waals surface area contributed by atoms with Crippen LogP contribution in [0.3, 0.4) is 0 Å². The molecule has 0 spiro atoms. The number of H-pyrrole nitrogens is 2. The second-order valence-electron chi connectivity index (χ2n) is 4.19. The largest absolute Gasteiger partial charge is 0.393 e. The summed E-state index contributed by atoms with van der Waals surface area (Å²) in [5.41, 5.74) is -1.47. The van der Waals surface area contributed by atoms with Crippen LogP contribution in [-0.2, 0) is 0 Å². The number of rotatable bonds is 3. The third-order valence-electron chi connectivity index (χ3n) is 2.83. The molecule has 0 unspecified atom stereocenters. The van der Waals surface area contributed by atoms with Crippen LogP contribution in [0.15, 0.2) is 15.8 Å². The van der Waals surface area contributed by atoms with E-state index in [2.05, 4.69) is 10.3 Å². The van der Waals surface area contributed by atoms with E-state index in [1.165, 1.54) is 0 Å². The van der Waals surface area contributed by atoms with Gasteiger partial charge >= 0.3 is 5.69 Å². The van der Waals surface area contributed by atoms with Gasteiger partial charge in [-0.1, -0.05) is 0 Å². The monoisotopic (exact) mass is 239 g/mol. The van der Waals surface area contributed by atoms with E-state index < -0.39 is 17.2 Å². The predicted octanol–water partition coefficient (Wildman–Crippen LogP) is -1.44. The van der Waals surface area contributed by atoms with Gasteiger partial charge in [-0.05, 0) is 18.8 Å². The minimum absolute atomic E-state index is 0.121. The summed E-state index contributed by atoms with van der Waals surface area (Å²) in [7, 11) is 0. The molecule has 0 bridgehead atoms. The van der Waals surface area contributed by atoms with Crippen molar-refractivity contribution in [3.63, 3.8) is 0 Å². The van der Waals surface area contributed by atoms with E-state index in [9.17, 15) is 14.4 Å². The van der Waals surface area contributed by atoms with Crippen LogP contribution in [-0.4, -0.2) is 33.6 Å². The highest BCUT2D eigenvalue weighted by Crippen LogP contribution is 2.25. The summed E-state index contributed by atoms with van der Waals surface area (Å²) in [6, 6.07) is 0. The van der Waals surface area contributed by atoms with Gasteiger partial charge in [0.05, 0.1) is 6.10 Å². The molecule has 7 heteroatoms. The highest BCUT2D eigenvalue weighted by molar-refractivity contribution is 5.93. The Morgan fingerprint density at radius 3 is 2.76 bits per heavy atom. The number of carbonyl (C=O) groups excluding carboxylic acids is 1. The molecule has 4 N–H and O–H groups in total. The fourth-order valence-corrected chi connectivity index (χ4v) is 1.78. The van der Waals surface area contributed by atoms with Gasteiger partial charge < -0.3 is 15.4 Å². The first-order valence-corrected chi connectivity index (χ1v) is 5.34. The Bertz CT molecular complexity index is 527. The summed E-state index contributed by atoms with van der Waals surface area (Å²) in [5.74, 6) is -0.264. The van der Waals surface area contributed by atoms with Crippen molar-refractivity contribution < 1.29 is 9.90 Å². The van der Waals surface area contributed by atoms with E-state index in [0.29, 0.717) is 19.4 Å². The first-order chi connectivity index (χ1) is 8.06. The maximum absolute atomic E-state index is 11.6. The van der Waals surface area contributed by atoms with Crippen molar-refractivity contribution >= 4 is 5.91 Å². The molecule has 1 amide bonds. The normalized spacial score (nSPS) is 22.9. The number of hydrogen-bond acceptors (Lipinski definition) is 4. The Kier molecular flexibility index (Phi) is 3.10. The Morgan fingerprint density at radius 1 is 1.47 bits per heavy atom. The molecule has 1 aliphatic carbocycles. The highest BCUT2D eigenvalue weighted by Gasteiger charge is 2.27. The quantitative estimate of drug-likeness (QED) is 0.517. The minimum atomic E-state index is -0.708. The summed E-state index contributed by atoms with van der Waals surface area (Å²) < 4.78 is 0. The zero-order chi connectivity index (χ0) is 12.4. The molecule has 0 atom stereocenters. The summed E-state index contributed by atoms with van der Waals surface area (Å²) in [6.45, 7) is 0.425. The lowest BCUT2D eigenvalue weighted by atomic mass is 9.82. The molecule has 7 nitrogen and oxygen atoms in total. The van der Waals surface area contributed by atoms with Gasteiger partial charge in [0.25, 0.3) is 11.5 Å². The van der Waals surface area contributed by atoms with Crippen molar-refractivity contribution in [3.05, 3.63) is 32.6 Å². The van der Waals surface area contributed by atoms with E-state index in [4.69, 9.17) is 5.11 Å². The van der Waals surface area contributed by atoms with Crippen LogP contribution in [0, 0.1) is 5.92 Å². The molecule has 0 aromatic carbocycles. The lowest BCUT2D eigenvalue weighted by Gasteiger charge is -2.31. The van der Waals surface area contributed by atoms with Gasteiger partial charge in [-0.3, -0.25) is 14.6 Å². The molecule has 1 aromatic heterocycles. The van der Waals surface area contributed by atoms with Crippen molar-refractivity contribution in [2.24, 2.45) is 5.92 Å². The first kappa shape index (κ1) is 11.6. The SMILES string of the molecule is O=C(NCC1CC(O)C1)c1c[nH]c(=O)[nH]c1=O. The minimum Gasteiger partial charge on any atom is -0.393 e. The summed E-state index contributed by atoms with van der Waals surface area (Å²) >= 11 is 0. The smallest absolute Gasteiger partial charge is 0.325 e. The van der Waals surface area contributed by atoms with E-state index in [1.807, 2.05) is 4.98 Å². The van der Waals surface area contributed by atoms with Gasteiger partial charge in [0.2, 0.25) is 0 Å². The molecular formula is C10H13N3O4. The third kappa shape index (κ3) is 2.62. The number of carbonyl (C=O) groups is 1. The maximum Gasteiger partial charge on any atom is 0.325 e. The molecular weight excluding hydrogens is 226 g/mol. The molecule has 0 aliphatic heterocycles. The fraction of sp³-hybridized carbons (Fsp3) is 0.500. The summed E-state index contributed by atoms with van der Waals surface area (Å²) in [4.78, 5) is 37.8. The van der Waals surface area contributed by atoms with Crippen molar-refractivity contribution in [1.82, 2.24) is 15.3 Å². The molecule has 1 fully saturated rings. The Labute approximate surface area is 95.9 Å². The van der Waals surface area contributed by atoms with Crippen LogP contribution in [0.1, 0.15) is 23.2 Å². The molecule has 0 saturated heterocycles. The predicted molar refractivity (Wildman–Crippen MR) is 58.7 cm³/mol. The standard InChI is InChI=1S/C10H13N3O4/c14-6-1-5(2-6)3-11-8(15)7-4-12-10(17)13-9(7)16/h4-6,14H,1-3H2,(H,11,15)(H2,12,13,16,17). The third-order valence-corrected chi connectivity index (χ3v) is 2.83. The Morgan fingerprint density at radius 2 is 2.18 bits per heavy atom. The fourth-order valence-electron chi connectivity index (χ4n) is 1.78. The van der Waals surface area contributed by atoms with E-state index in [1.54, 1.807) is 0 Å². The first-order valence-electron chi connectivity index (χ1n) is 5.34. The highest BCUT2D eigenvalue weighted by atomic mass is 16.3. The number of aromatic nitrogens is 2. The van der Waals surface area contributed by atoms with E-state index >= 15 is 0 Å². The zero-order valence-corrected chi connectivity index (χ0v) is 9.03. The lowest BCUT2D eigenvalue weighted by Crippen LogP contribution is -2.40. The van der Waals surface area contributed by atoms with Crippen molar-refractivity contribution in [2.75, 3.05) is 6.54 Å². The lowest BCUT2D eigenvalue weighted by molar-refractivity contribution is 0.0420. The number of amides is 1. The molecule has 1 saturated carbocycles. The average Bonchev–Trinajstić information content (AvgIpc) is 2.22. The van der Waals surface area contributed by atoms with Gasteiger partial charge in [0, 0.05) is 12.7 Å². The van der Waals surface area contributed by atoms with Crippen LogP contribution >= 0.6 is 0 Å². The number of aromatic amines is 2. The number of aliphatic hydroxyl groups is 1. The number of hydrogen-bond donors (Lipinski definition) is 4. The van der Waals surface area contributed by atoms with Crippen LogP contribution in [0.4, 0.5) is 0 Å². The average molecular weight is 239 g/mol. The van der Waals surface area contributed by atoms with Gasteiger partial charge in [-0.25, -0.2) is 4.79 Å². The Hall–Kier alpha value is -1.89. The molecule has 0 radical (unpaired) electrons. The number of nitrogens with one attached hydrogen (secondary N) is 3. The summed E-state index contributed by atoms with van der Waals surface area (Å²) in [5, 5.41) is 11.7. The molecule has 17 heavy (non-hydrogen) atoms. The van der Waals surface area contributed by atoms with Crippen molar-refractivity contribution in [3.8, 4) is 0 Å². The second kappa shape index (κ2) is 4.54. The molecule has 1 aromatic rings. The maximum atomic E-state index is 11.6. The van der Waals surface area contributed by atoms with Crippen LogP contribution < -0.4 is 16.6 Å². The van der Waals surface area contributed by atoms with Crippen LogP contribution in [0.5, 0.6) is 0 Å². The van der Waals surface area contributed by atoms with Gasteiger partial charge in [-0.2, -0.15) is 0 Å².